The van der Waals surface area contributed by atoms with Crippen LogP contribution in [0.3, 0.4) is 0 Å². The minimum atomic E-state index is -0.0527. The second kappa shape index (κ2) is 10.3. The van der Waals surface area contributed by atoms with Crippen LogP contribution in [0.2, 0.25) is 0 Å². The molecule has 4 nitrogen and oxygen atoms in total. The maximum atomic E-state index is 12.8. The van der Waals surface area contributed by atoms with Gasteiger partial charge in [-0.1, -0.05) is 49.4 Å². The fourth-order valence-corrected chi connectivity index (χ4v) is 4.54. The van der Waals surface area contributed by atoms with Crippen LogP contribution in [0.25, 0.3) is 0 Å². The first kappa shape index (κ1) is 20.4. The van der Waals surface area contributed by atoms with Gasteiger partial charge in [0.25, 0.3) is 5.91 Å². The number of hydrogen-bond acceptors (Lipinski definition) is 4. The van der Waals surface area contributed by atoms with E-state index >= 15 is 0 Å². The third kappa shape index (κ3) is 5.60. The van der Waals surface area contributed by atoms with Gasteiger partial charge in [-0.15, -0.1) is 0 Å². The molecule has 0 spiro atoms. The molecule has 0 radical (unpaired) electrons. The monoisotopic (exact) mass is 393 g/mol. The van der Waals surface area contributed by atoms with E-state index in [1.165, 1.54) is 44.1 Å². The van der Waals surface area contributed by atoms with Crippen molar-refractivity contribution in [2.45, 2.75) is 36.0 Å². The fraction of sp³-hybridized carbons (Fsp3) is 0.391. The van der Waals surface area contributed by atoms with Crippen LogP contribution in [-0.2, 0) is 0 Å². The molecule has 1 fully saturated rings. The number of hydrogen-bond donors (Lipinski definition) is 1. The van der Waals surface area contributed by atoms with Crippen LogP contribution in [-0.4, -0.2) is 37.0 Å². The van der Waals surface area contributed by atoms with Gasteiger partial charge in [0.05, 0.1) is 11.1 Å². The van der Waals surface area contributed by atoms with E-state index in [0.717, 1.165) is 16.3 Å². The van der Waals surface area contributed by atoms with Gasteiger partial charge in [-0.05, 0) is 56.1 Å². The van der Waals surface area contributed by atoms with Gasteiger partial charge in [0, 0.05) is 22.9 Å². The quantitative estimate of drug-likeness (QED) is 0.749. The minimum Gasteiger partial charge on any atom is -0.352 e. The van der Waals surface area contributed by atoms with E-state index in [1.807, 2.05) is 42.5 Å². The highest BCUT2D eigenvalue weighted by Crippen LogP contribution is 2.32. The maximum absolute atomic E-state index is 12.8. The summed E-state index contributed by atoms with van der Waals surface area (Å²) in [6.07, 6.45) is 3.91. The Hall–Kier alpha value is -2.29. The molecule has 3 rings (SSSR count). The summed E-state index contributed by atoms with van der Waals surface area (Å²) in [7, 11) is 0. The normalized spacial score (nSPS) is 15.6. The van der Waals surface area contributed by atoms with Crippen molar-refractivity contribution >= 4 is 17.7 Å². The molecule has 2 aromatic carbocycles. The van der Waals surface area contributed by atoms with Crippen molar-refractivity contribution in [2.24, 2.45) is 5.92 Å². The first-order valence-electron chi connectivity index (χ1n) is 9.94. The molecule has 0 saturated carbocycles. The van der Waals surface area contributed by atoms with Crippen molar-refractivity contribution in [3.63, 3.8) is 0 Å². The largest absolute Gasteiger partial charge is 0.352 e. The highest BCUT2D eigenvalue weighted by Gasteiger charge is 2.16. The smallest absolute Gasteiger partial charge is 0.252 e. The van der Waals surface area contributed by atoms with E-state index in [0.29, 0.717) is 23.6 Å². The van der Waals surface area contributed by atoms with Crippen molar-refractivity contribution in [3.8, 4) is 6.07 Å². The number of carbonyl (C=O) groups is 1. The molecule has 1 amide bonds. The maximum Gasteiger partial charge on any atom is 0.252 e. The lowest BCUT2D eigenvalue weighted by Gasteiger charge is -2.29. The summed E-state index contributed by atoms with van der Waals surface area (Å²) < 4.78 is 0. The van der Waals surface area contributed by atoms with Crippen LogP contribution < -0.4 is 5.32 Å². The summed E-state index contributed by atoms with van der Waals surface area (Å²) in [5.41, 5.74) is 1.28. The first-order valence-corrected chi connectivity index (χ1v) is 10.8. The zero-order valence-electron chi connectivity index (χ0n) is 16.4. The molecule has 0 aromatic heterocycles. The highest BCUT2D eigenvalue weighted by molar-refractivity contribution is 7.99. The topological polar surface area (TPSA) is 56.1 Å². The summed E-state index contributed by atoms with van der Waals surface area (Å²) >= 11 is 1.46. The standard InChI is InChI=1S/C23H27N3OS/c1-18(17-26-13-7-2-8-14-26)16-25-23(27)20-10-4-6-12-22(20)28-21-11-5-3-9-19(21)15-24/h3-6,9-12,18H,2,7-8,13-14,16-17H2,1H3,(H,25,27). The molecule has 1 atom stereocenters. The van der Waals surface area contributed by atoms with E-state index in [-0.39, 0.29) is 5.91 Å². The minimum absolute atomic E-state index is 0.0527. The molecule has 146 valence electrons. The van der Waals surface area contributed by atoms with Gasteiger partial charge in [-0.25, -0.2) is 0 Å². The summed E-state index contributed by atoms with van der Waals surface area (Å²) in [5.74, 6) is 0.365. The third-order valence-electron chi connectivity index (χ3n) is 4.99. The van der Waals surface area contributed by atoms with E-state index < -0.39 is 0 Å². The molecular weight excluding hydrogens is 366 g/mol. The average Bonchev–Trinajstić information content (AvgIpc) is 2.73. The summed E-state index contributed by atoms with van der Waals surface area (Å²) in [4.78, 5) is 17.0. The summed E-state index contributed by atoms with van der Waals surface area (Å²) in [6, 6.07) is 17.3. The van der Waals surface area contributed by atoms with Gasteiger partial charge < -0.3 is 10.2 Å². The molecule has 0 aliphatic carbocycles. The Labute approximate surface area is 171 Å². The molecule has 1 heterocycles. The number of amides is 1. The van der Waals surface area contributed by atoms with Gasteiger partial charge in [0.15, 0.2) is 0 Å². The SMILES string of the molecule is CC(CNC(=O)c1ccccc1Sc1ccccc1C#N)CN1CCCCC1. The van der Waals surface area contributed by atoms with Crippen LogP contribution in [0.1, 0.15) is 42.1 Å². The van der Waals surface area contributed by atoms with Crippen LogP contribution in [0, 0.1) is 17.2 Å². The molecular formula is C23H27N3OS. The van der Waals surface area contributed by atoms with Crippen molar-refractivity contribution in [1.82, 2.24) is 10.2 Å². The number of benzene rings is 2. The van der Waals surface area contributed by atoms with Gasteiger partial charge in [0.2, 0.25) is 0 Å². The molecule has 5 heteroatoms. The number of piperidine rings is 1. The first-order chi connectivity index (χ1) is 13.7. The van der Waals surface area contributed by atoms with E-state index in [1.54, 1.807) is 6.07 Å². The molecule has 0 bridgehead atoms. The van der Waals surface area contributed by atoms with Crippen molar-refractivity contribution in [1.29, 1.82) is 5.26 Å². The molecule has 2 aromatic rings. The fourth-order valence-electron chi connectivity index (χ4n) is 3.52. The second-order valence-electron chi connectivity index (χ2n) is 7.38. The Morgan fingerprint density at radius 1 is 1.11 bits per heavy atom. The molecule has 1 N–H and O–H groups in total. The lowest BCUT2D eigenvalue weighted by Crippen LogP contribution is -2.38. The lowest BCUT2D eigenvalue weighted by molar-refractivity contribution is 0.0939. The zero-order chi connectivity index (χ0) is 19.8. The van der Waals surface area contributed by atoms with Crippen molar-refractivity contribution < 1.29 is 4.79 Å². The number of nitrogens with one attached hydrogen (secondary N) is 1. The Morgan fingerprint density at radius 2 is 1.79 bits per heavy atom. The van der Waals surface area contributed by atoms with Gasteiger partial charge >= 0.3 is 0 Å². The van der Waals surface area contributed by atoms with Crippen LogP contribution in [0.15, 0.2) is 58.3 Å². The Kier molecular flexibility index (Phi) is 7.53. The predicted octanol–water partition coefficient (Wildman–Crippen LogP) is 4.56. The average molecular weight is 394 g/mol. The van der Waals surface area contributed by atoms with Gasteiger partial charge in [-0.3, -0.25) is 4.79 Å². The van der Waals surface area contributed by atoms with E-state index in [2.05, 4.69) is 23.2 Å². The molecule has 28 heavy (non-hydrogen) atoms. The number of carbonyl (C=O) groups excluding carboxylic acids is 1. The molecule has 1 unspecified atom stereocenters. The highest BCUT2D eigenvalue weighted by atomic mass is 32.2. The van der Waals surface area contributed by atoms with Gasteiger partial charge in [0.1, 0.15) is 6.07 Å². The Morgan fingerprint density at radius 3 is 2.54 bits per heavy atom. The van der Waals surface area contributed by atoms with Crippen LogP contribution in [0.5, 0.6) is 0 Å². The van der Waals surface area contributed by atoms with Crippen molar-refractivity contribution in [2.75, 3.05) is 26.2 Å². The second-order valence-corrected chi connectivity index (χ2v) is 8.47. The number of likely N-dealkylation sites (tertiary alicyclic amines) is 1. The summed E-state index contributed by atoms with van der Waals surface area (Å²) in [5, 5.41) is 12.4. The zero-order valence-corrected chi connectivity index (χ0v) is 17.2. The van der Waals surface area contributed by atoms with E-state index in [9.17, 15) is 10.1 Å². The Balaban J connectivity index is 1.61. The summed E-state index contributed by atoms with van der Waals surface area (Å²) in [6.45, 7) is 6.25. The Bertz CT molecular complexity index is 840. The molecule has 1 saturated heterocycles. The number of nitriles is 1. The number of rotatable bonds is 7. The van der Waals surface area contributed by atoms with Crippen LogP contribution in [0.4, 0.5) is 0 Å². The lowest BCUT2D eigenvalue weighted by atomic mass is 10.1. The van der Waals surface area contributed by atoms with Gasteiger partial charge in [-0.2, -0.15) is 5.26 Å². The predicted molar refractivity (Wildman–Crippen MR) is 114 cm³/mol. The molecule has 1 aliphatic rings. The third-order valence-corrected chi connectivity index (χ3v) is 6.14. The van der Waals surface area contributed by atoms with Crippen molar-refractivity contribution in [3.05, 3.63) is 59.7 Å². The van der Waals surface area contributed by atoms with E-state index in [4.69, 9.17) is 0 Å². The van der Waals surface area contributed by atoms with Crippen LogP contribution >= 0.6 is 11.8 Å². The molecule has 1 aliphatic heterocycles. The number of nitrogens with zero attached hydrogens (tertiary/aromatic N) is 2.